The summed E-state index contributed by atoms with van der Waals surface area (Å²) in [5.74, 6) is 0. The number of halogens is 3. The Labute approximate surface area is 96.6 Å². The van der Waals surface area contributed by atoms with E-state index in [-0.39, 0.29) is 4.90 Å². The van der Waals surface area contributed by atoms with E-state index in [1.54, 1.807) is 6.07 Å². The second-order valence-electron chi connectivity index (χ2n) is 3.84. The molecule has 1 N–H and O–H groups in total. The van der Waals surface area contributed by atoms with Gasteiger partial charge in [-0.15, -0.1) is 0 Å². The maximum absolute atomic E-state index is 12.6. The topological polar surface area (TPSA) is 12.0 Å². The van der Waals surface area contributed by atoms with Crippen molar-refractivity contribution in [2.75, 3.05) is 0 Å². The van der Waals surface area contributed by atoms with E-state index in [9.17, 15) is 13.2 Å². The summed E-state index contributed by atoms with van der Waals surface area (Å²) in [5, 5.41) is 0. The third-order valence-corrected chi connectivity index (χ3v) is 3.66. The Morgan fingerprint density at radius 1 is 1.19 bits per heavy atom. The molecule has 0 heterocycles. The molecule has 16 heavy (non-hydrogen) atoms. The minimum atomic E-state index is -4.27. The molecule has 5 heteroatoms. The van der Waals surface area contributed by atoms with Crippen LogP contribution in [0.3, 0.4) is 0 Å². The highest BCUT2D eigenvalue weighted by atomic mass is 32.2. The van der Waals surface area contributed by atoms with E-state index in [2.05, 4.69) is 4.72 Å². The van der Waals surface area contributed by atoms with Gasteiger partial charge in [0.05, 0.1) is 5.56 Å². The third kappa shape index (κ3) is 2.71. The van der Waals surface area contributed by atoms with Gasteiger partial charge in [-0.25, -0.2) is 0 Å². The van der Waals surface area contributed by atoms with Crippen molar-refractivity contribution in [2.45, 2.75) is 36.4 Å². The number of alkyl halides is 3. The Bertz CT molecular complexity index is 360. The van der Waals surface area contributed by atoms with Gasteiger partial charge in [-0.3, -0.25) is 4.72 Å². The molecule has 0 spiro atoms. The van der Waals surface area contributed by atoms with E-state index in [1.165, 1.54) is 18.6 Å². The Kier molecular flexibility index (Phi) is 3.44. The van der Waals surface area contributed by atoms with Crippen LogP contribution in [0.25, 0.3) is 0 Å². The Morgan fingerprint density at radius 2 is 1.88 bits per heavy atom. The quantitative estimate of drug-likeness (QED) is 0.814. The van der Waals surface area contributed by atoms with Crippen LogP contribution in [-0.2, 0) is 6.18 Å². The van der Waals surface area contributed by atoms with E-state index in [4.69, 9.17) is 0 Å². The number of rotatable bonds is 3. The van der Waals surface area contributed by atoms with Gasteiger partial charge in [-0.1, -0.05) is 18.6 Å². The van der Waals surface area contributed by atoms with Crippen molar-refractivity contribution in [3.05, 3.63) is 29.8 Å². The minimum absolute atomic E-state index is 0.252. The molecule has 1 fully saturated rings. The minimum Gasteiger partial charge on any atom is -0.257 e. The van der Waals surface area contributed by atoms with Crippen molar-refractivity contribution in [1.29, 1.82) is 0 Å². The van der Waals surface area contributed by atoms with Crippen LogP contribution < -0.4 is 4.72 Å². The Morgan fingerprint density at radius 3 is 2.44 bits per heavy atom. The zero-order valence-corrected chi connectivity index (χ0v) is 9.37. The first kappa shape index (κ1) is 11.8. The fraction of sp³-hybridized carbons (Fsp3) is 0.455. The standard InChI is InChI=1S/C11H12F3NS/c12-11(13,14)9-6-1-2-7-10(9)16-15-8-4-3-5-8/h1-2,6-8,15H,3-5H2. The second-order valence-corrected chi connectivity index (χ2v) is 4.72. The Hall–Kier alpha value is -0.680. The largest absolute Gasteiger partial charge is 0.417 e. The third-order valence-electron chi connectivity index (χ3n) is 2.63. The number of hydrogen-bond donors (Lipinski definition) is 1. The number of nitrogens with one attached hydrogen (secondary N) is 1. The second kappa shape index (κ2) is 4.67. The lowest BCUT2D eigenvalue weighted by Gasteiger charge is -2.26. The highest BCUT2D eigenvalue weighted by Crippen LogP contribution is 2.36. The van der Waals surface area contributed by atoms with Crippen molar-refractivity contribution in [3.8, 4) is 0 Å². The van der Waals surface area contributed by atoms with Gasteiger partial charge in [0.2, 0.25) is 0 Å². The first-order valence-electron chi connectivity index (χ1n) is 5.16. The van der Waals surface area contributed by atoms with E-state index >= 15 is 0 Å². The van der Waals surface area contributed by atoms with Crippen molar-refractivity contribution >= 4 is 11.9 Å². The van der Waals surface area contributed by atoms with Gasteiger partial charge in [-0.05, 0) is 36.9 Å². The van der Waals surface area contributed by atoms with Crippen molar-refractivity contribution in [2.24, 2.45) is 0 Å². The summed E-state index contributed by atoms with van der Waals surface area (Å²) in [6, 6.07) is 6.02. The van der Waals surface area contributed by atoms with E-state index in [1.807, 2.05) is 0 Å². The van der Waals surface area contributed by atoms with Crippen LogP contribution >= 0.6 is 11.9 Å². The molecule has 1 aliphatic carbocycles. The molecule has 0 atom stereocenters. The van der Waals surface area contributed by atoms with Crippen molar-refractivity contribution in [3.63, 3.8) is 0 Å². The van der Waals surface area contributed by atoms with Crippen LogP contribution in [0, 0.1) is 0 Å². The monoisotopic (exact) mass is 247 g/mol. The summed E-state index contributed by atoms with van der Waals surface area (Å²) in [7, 11) is 0. The van der Waals surface area contributed by atoms with E-state index < -0.39 is 11.7 Å². The van der Waals surface area contributed by atoms with E-state index in [0.29, 0.717) is 6.04 Å². The van der Waals surface area contributed by atoms with Gasteiger partial charge in [0.15, 0.2) is 0 Å². The predicted octanol–water partition coefficient (Wildman–Crippen LogP) is 3.85. The SMILES string of the molecule is FC(F)(F)c1ccccc1SNC1CCC1. The van der Waals surface area contributed by atoms with Crippen LogP contribution in [-0.4, -0.2) is 6.04 Å². The van der Waals surface area contributed by atoms with Gasteiger partial charge < -0.3 is 0 Å². The summed E-state index contributed by atoms with van der Waals surface area (Å²) in [6.45, 7) is 0. The average molecular weight is 247 g/mol. The maximum Gasteiger partial charge on any atom is 0.417 e. The summed E-state index contributed by atoms with van der Waals surface area (Å²) < 4.78 is 40.9. The van der Waals surface area contributed by atoms with Crippen molar-refractivity contribution < 1.29 is 13.2 Å². The summed E-state index contributed by atoms with van der Waals surface area (Å²) in [6.07, 6.45) is -0.994. The molecule has 0 saturated heterocycles. The van der Waals surface area contributed by atoms with E-state index in [0.717, 1.165) is 30.9 Å². The molecule has 1 aromatic rings. The predicted molar refractivity (Wildman–Crippen MR) is 58.1 cm³/mol. The van der Waals surface area contributed by atoms with Gasteiger partial charge in [0.25, 0.3) is 0 Å². The molecule has 0 amide bonds. The lowest BCUT2D eigenvalue weighted by Crippen LogP contribution is -2.30. The fourth-order valence-electron chi connectivity index (χ4n) is 1.46. The molecule has 0 unspecified atom stereocenters. The molecule has 0 radical (unpaired) electrons. The van der Waals surface area contributed by atoms with Crippen LogP contribution in [0.5, 0.6) is 0 Å². The van der Waals surface area contributed by atoms with Crippen molar-refractivity contribution in [1.82, 2.24) is 4.72 Å². The molecule has 1 nitrogen and oxygen atoms in total. The molecule has 1 aromatic carbocycles. The van der Waals surface area contributed by atoms with Gasteiger partial charge in [0.1, 0.15) is 0 Å². The van der Waals surface area contributed by atoms with Crippen LogP contribution in [0.15, 0.2) is 29.2 Å². The molecule has 2 rings (SSSR count). The lowest BCUT2D eigenvalue weighted by atomic mass is 9.94. The van der Waals surface area contributed by atoms with Crippen LogP contribution in [0.1, 0.15) is 24.8 Å². The summed E-state index contributed by atoms with van der Waals surface area (Å²) in [4.78, 5) is 0.252. The summed E-state index contributed by atoms with van der Waals surface area (Å²) >= 11 is 1.09. The molecule has 0 aromatic heterocycles. The molecular weight excluding hydrogens is 235 g/mol. The number of benzene rings is 1. The van der Waals surface area contributed by atoms with Gasteiger partial charge in [0, 0.05) is 10.9 Å². The molecular formula is C11H12F3NS. The van der Waals surface area contributed by atoms with Gasteiger partial charge >= 0.3 is 6.18 Å². The summed E-state index contributed by atoms with van der Waals surface area (Å²) in [5.41, 5.74) is -0.563. The average Bonchev–Trinajstić information content (AvgIpc) is 2.14. The lowest BCUT2D eigenvalue weighted by molar-refractivity contribution is -0.139. The maximum atomic E-state index is 12.6. The molecule has 1 aliphatic rings. The number of hydrogen-bond acceptors (Lipinski definition) is 2. The molecule has 0 bridgehead atoms. The van der Waals surface area contributed by atoms with Gasteiger partial charge in [-0.2, -0.15) is 13.2 Å². The zero-order valence-electron chi connectivity index (χ0n) is 8.55. The van der Waals surface area contributed by atoms with Crippen LogP contribution in [0.4, 0.5) is 13.2 Å². The smallest absolute Gasteiger partial charge is 0.257 e. The zero-order chi connectivity index (χ0) is 11.6. The fourth-order valence-corrected chi connectivity index (χ4v) is 2.43. The first-order chi connectivity index (χ1) is 7.57. The highest BCUT2D eigenvalue weighted by Gasteiger charge is 2.33. The highest BCUT2D eigenvalue weighted by molar-refractivity contribution is 7.97. The van der Waals surface area contributed by atoms with Crippen LogP contribution in [0.2, 0.25) is 0 Å². The Balaban J connectivity index is 2.06. The molecule has 88 valence electrons. The first-order valence-corrected chi connectivity index (χ1v) is 5.97. The molecule has 0 aliphatic heterocycles. The molecule has 1 saturated carbocycles. The normalized spacial score (nSPS) is 17.2.